The highest BCUT2D eigenvalue weighted by Gasteiger charge is 2.02. The Kier molecular flexibility index (Phi) is 3.21. The lowest BCUT2D eigenvalue weighted by atomic mass is 10.2. The fraction of sp³-hybridized carbons (Fsp3) is 0. The highest BCUT2D eigenvalue weighted by Crippen LogP contribution is 2.22. The van der Waals surface area contributed by atoms with E-state index in [2.05, 4.69) is 37.3 Å². The quantitative estimate of drug-likeness (QED) is 0.887. The van der Waals surface area contributed by atoms with E-state index < -0.39 is 0 Å². The van der Waals surface area contributed by atoms with Crippen molar-refractivity contribution < 1.29 is 0 Å². The highest BCUT2D eigenvalue weighted by molar-refractivity contribution is 9.10. The van der Waals surface area contributed by atoms with Gasteiger partial charge in [-0.2, -0.15) is 5.26 Å². The summed E-state index contributed by atoms with van der Waals surface area (Å²) in [7, 11) is 0. The van der Waals surface area contributed by atoms with Gasteiger partial charge in [-0.1, -0.05) is 0 Å². The molecule has 84 valence electrons. The van der Waals surface area contributed by atoms with E-state index in [1.54, 1.807) is 24.4 Å². The molecule has 0 saturated heterocycles. The van der Waals surface area contributed by atoms with Crippen molar-refractivity contribution in [3.63, 3.8) is 0 Å². The SMILES string of the molecule is N#Cc1ccc(Nc2cncc(N)n2)cc1Br. The zero-order valence-corrected chi connectivity index (χ0v) is 10.3. The van der Waals surface area contributed by atoms with Crippen molar-refractivity contribution in [1.82, 2.24) is 9.97 Å². The number of benzene rings is 1. The Bertz CT molecular complexity index is 591. The molecular formula is C11H8BrN5. The van der Waals surface area contributed by atoms with Crippen LogP contribution in [0.15, 0.2) is 35.1 Å². The zero-order chi connectivity index (χ0) is 12.3. The summed E-state index contributed by atoms with van der Waals surface area (Å²) in [6, 6.07) is 7.37. The van der Waals surface area contributed by atoms with Gasteiger partial charge in [-0.05, 0) is 34.1 Å². The van der Waals surface area contributed by atoms with E-state index in [0.29, 0.717) is 17.2 Å². The molecule has 1 aromatic heterocycles. The molecule has 0 saturated carbocycles. The maximum absolute atomic E-state index is 8.80. The van der Waals surface area contributed by atoms with Gasteiger partial charge in [0.05, 0.1) is 18.0 Å². The Morgan fingerprint density at radius 3 is 2.82 bits per heavy atom. The molecule has 2 rings (SSSR count). The Balaban J connectivity index is 2.25. The Morgan fingerprint density at radius 2 is 2.18 bits per heavy atom. The monoisotopic (exact) mass is 289 g/mol. The smallest absolute Gasteiger partial charge is 0.151 e. The Morgan fingerprint density at radius 1 is 1.35 bits per heavy atom. The molecule has 0 aliphatic rings. The van der Waals surface area contributed by atoms with Crippen LogP contribution in [0.1, 0.15) is 5.56 Å². The molecule has 6 heteroatoms. The van der Waals surface area contributed by atoms with Gasteiger partial charge in [0.1, 0.15) is 11.9 Å². The molecule has 5 nitrogen and oxygen atoms in total. The minimum atomic E-state index is 0.350. The van der Waals surface area contributed by atoms with Crippen molar-refractivity contribution in [1.29, 1.82) is 5.26 Å². The second-order valence-electron chi connectivity index (χ2n) is 3.26. The largest absolute Gasteiger partial charge is 0.382 e. The minimum absolute atomic E-state index is 0.350. The topological polar surface area (TPSA) is 87.6 Å². The number of nitriles is 1. The number of nitrogens with one attached hydrogen (secondary N) is 1. The van der Waals surface area contributed by atoms with Crippen LogP contribution in [0.4, 0.5) is 17.3 Å². The van der Waals surface area contributed by atoms with Crippen LogP contribution in [0.3, 0.4) is 0 Å². The van der Waals surface area contributed by atoms with Gasteiger partial charge in [0.15, 0.2) is 5.82 Å². The maximum atomic E-state index is 8.80. The lowest BCUT2D eigenvalue weighted by molar-refractivity contribution is 1.21. The minimum Gasteiger partial charge on any atom is -0.382 e. The molecule has 0 unspecified atom stereocenters. The van der Waals surface area contributed by atoms with Gasteiger partial charge in [0.2, 0.25) is 0 Å². The number of hydrogen-bond acceptors (Lipinski definition) is 5. The van der Waals surface area contributed by atoms with Crippen LogP contribution in [-0.4, -0.2) is 9.97 Å². The molecule has 0 bridgehead atoms. The van der Waals surface area contributed by atoms with E-state index in [-0.39, 0.29) is 0 Å². The maximum Gasteiger partial charge on any atom is 0.151 e. The van der Waals surface area contributed by atoms with Crippen LogP contribution in [0.25, 0.3) is 0 Å². The summed E-state index contributed by atoms with van der Waals surface area (Å²) >= 11 is 3.31. The first-order valence-corrected chi connectivity index (χ1v) is 5.52. The number of halogens is 1. The zero-order valence-electron chi connectivity index (χ0n) is 8.68. The number of nitrogens with two attached hydrogens (primary N) is 1. The third-order valence-electron chi connectivity index (χ3n) is 2.02. The van der Waals surface area contributed by atoms with Crippen LogP contribution in [0.2, 0.25) is 0 Å². The summed E-state index contributed by atoms with van der Waals surface area (Å²) in [5.41, 5.74) is 6.90. The molecule has 0 amide bonds. The molecule has 0 atom stereocenters. The molecule has 0 fully saturated rings. The van der Waals surface area contributed by atoms with Crippen LogP contribution in [0.5, 0.6) is 0 Å². The Labute approximate surface area is 106 Å². The summed E-state index contributed by atoms with van der Waals surface area (Å²) in [6.45, 7) is 0. The molecule has 0 aliphatic heterocycles. The predicted octanol–water partition coefficient (Wildman–Crippen LogP) is 2.44. The standard InChI is InChI=1S/C11H8BrN5/c12-9-3-8(2-1-7(9)4-13)16-11-6-15-5-10(14)17-11/h1-3,5-6H,(H3,14,16,17). The lowest BCUT2D eigenvalue weighted by Gasteiger charge is -2.06. The molecule has 3 N–H and O–H groups in total. The van der Waals surface area contributed by atoms with Crippen molar-refractivity contribution in [2.24, 2.45) is 0 Å². The number of nitrogen functional groups attached to an aromatic ring is 1. The van der Waals surface area contributed by atoms with Crippen LogP contribution in [-0.2, 0) is 0 Å². The third-order valence-corrected chi connectivity index (χ3v) is 2.67. The summed E-state index contributed by atoms with van der Waals surface area (Å²) in [4.78, 5) is 7.99. The van der Waals surface area contributed by atoms with Crippen molar-refractivity contribution in [3.05, 3.63) is 40.6 Å². The molecule has 0 spiro atoms. The molecule has 2 aromatic rings. The van der Waals surface area contributed by atoms with E-state index >= 15 is 0 Å². The number of rotatable bonds is 2. The van der Waals surface area contributed by atoms with E-state index in [4.69, 9.17) is 11.0 Å². The van der Waals surface area contributed by atoms with E-state index in [1.165, 1.54) is 6.20 Å². The molecule has 0 aliphatic carbocycles. The molecule has 17 heavy (non-hydrogen) atoms. The molecule has 0 radical (unpaired) electrons. The van der Waals surface area contributed by atoms with Gasteiger partial charge in [0, 0.05) is 10.2 Å². The summed E-state index contributed by atoms with van der Waals surface area (Å²) < 4.78 is 0.724. The van der Waals surface area contributed by atoms with Gasteiger partial charge in [-0.25, -0.2) is 4.98 Å². The first-order valence-electron chi connectivity index (χ1n) is 4.73. The fourth-order valence-electron chi connectivity index (χ4n) is 1.27. The summed E-state index contributed by atoms with van der Waals surface area (Å²) in [5, 5.41) is 11.8. The molecule has 1 aromatic carbocycles. The predicted molar refractivity (Wildman–Crippen MR) is 68.6 cm³/mol. The highest BCUT2D eigenvalue weighted by atomic mass is 79.9. The van der Waals surface area contributed by atoms with Crippen molar-refractivity contribution in [2.75, 3.05) is 11.1 Å². The average Bonchev–Trinajstić information content (AvgIpc) is 2.29. The first-order chi connectivity index (χ1) is 8.19. The average molecular weight is 290 g/mol. The van der Waals surface area contributed by atoms with Crippen LogP contribution in [0, 0.1) is 11.3 Å². The van der Waals surface area contributed by atoms with E-state index in [1.807, 2.05) is 0 Å². The number of anilines is 3. The van der Waals surface area contributed by atoms with Crippen LogP contribution < -0.4 is 11.1 Å². The lowest BCUT2D eigenvalue weighted by Crippen LogP contribution is -1.98. The van der Waals surface area contributed by atoms with Gasteiger partial charge in [0.25, 0.3) is 0 Å². The van der Waals surface area contributed by atoms with Crippen LogP contribution >= 0.6 is 15.9 Å². The summed E-state index contributed by atoms with van der Waals surface area (Å²) in [5.74, 6) is 0.907. The fourth-order valence-corrected chi connectivity index (χ4v) is 1.74. The van der Waals surface area contributed by atoms with Gasteiger partial charge in [-0.15, -0.1) is 0 Å². The number of hydrogen-bond donors (Lipinski definition) is 2. The Hall–Kier alpha value is -2.13. The van der Waals surface area contributed by atoms with Gasteiger partial charge in [-0.3, -0.25) is 4.98 Å². The van der Waals surface area contributed by atoms with Crippen molar-refractivity contribution >= 4 is 33.3 Å². The van der Waals surface area contributed by atoms with Gasteiger partial charge >= 0.3 is 0 Å². The van der Waals surface area contributed by atoms with Crippen molar-refractivity contribution in [2.45, 2.75) is 0 Å². The molecule has 1 heterocycles. The number of aromatic nitrogens is 2. The number of nitrogens with zero attached hydrogens (tertiary/aromatic N) is 3. The first kappa shape index (κ1) is 11.4. The summed E-state index contributed by atoms with van der Waals surface area (Å²) in [6.07, 6.45) is 3.04. The normalized spacial score (nSPS) is 9.65. The van der Waals surface area contributed by atoms with E-state index in [9.17, 15) is 0 Å². The second-order valence-corrected chi connectivity index (χ2v) is 4.11. The third kappa shape index (κ3) is 2.71. The molecular weight excluding hydrogens is 282 g/mol. The second kappa shape index (κ2) is 4.80. The van der Waals surface area contributed by atoms with Gasteiger partial charge < -0.3 is 11.1 Å². The van der Waals surface area contributed by atoms with Crippen molar-refractivity contribution in [3.8, 4) is 6.07 Å². The van der Waals surface area contributed by atoms with E-state index in [0.717, 1.165) is 10.2 Å².